The summed E-state index contributed by atoms with van der Waals surface area (Å²) in [7, 11) is 1.56. The number of hydrogen-bond donors (Lipinski definition) is 1. The van der Waals surface area contributed by atoms with Gasteiger partial charge in [0.05, 0.1) is 23.4 Å². The van der Waals surface area contributed by atoms with Crippen molar-refractivity contribution >= 4 is 35.4 Å². The first kappa shape index (κ1) is 18.0. The van der Waals surface area contributed by atoms with Crippen LogP contribution in [0.1, 0.15) is 11.1 Å². The van der Waals surface area contributed by atoms with Crippen LogP contribution in [0.15, 0.2) is 41.5 Å². The van der Waals surface area contributed by atoms with Gasteiger partial charge in [0.25, 0.3) is 5.95 Å². The van der Waals surface area contributed by atoms with Gasteiger partial charge in [0.15, 0.2) is 11.5 Å². The van der Waals surface area contributed by atoms with E-state index in [0.717, 1.165) is 15.9 Å². The van der Waals surface area contributed by atoms with E-state index in [0.29, 0.717) is 28.2 Å². The molecule has 3 aromatic rings. The molecule has 8 nitrogen and oxygen atoms in total. The summed E-state index contributed by atoms with van der Waals surface area (Å²) in [5.74, 6) is 1.23. The maximum absolute atomic E-state index is 6.01. The minimum absolute atomic E-state index is 0.0924. The Morgan fingerprint density at radius 2 is 2.00 bits per heavy atom. The molecule has 0 saturated heterocycles. The van der Waals surface area contributed by atoms with Crippen molar-refractivity contribution in [1.29, 1.82) is 0 Å². The third-order valence-corrected chi connectivity index (χ3v) is 4.10. The van der Waals surface area contributed by atoms with Crippen molar-refractivity contribution < 1.29 is 9.47 Å². The van der Waals surface area contributed by atoms with E-state index in [4.69, 9.17) is 38.4 Å². The molecule has 2 aromatic carbocycles. The molecule has 2 N–H and O–H groups in total. The van der Waals surface area contributed by atoms with Crippen LogP contribution in [-0.4, -0.2) is 33.6 Å². The number of benzene rings is 2. The normalized spacial score (nSPS) is 11.0. The van der Waals surface area contributed by atoms with Gasteiger partial charge in [-0.25, -0.2) is 0 Å². The van der Waals surface area contributed by atoms with Crippen LogP contribution >= 0.6 is 23.2 Å². The van der Waals surface area contributed by atoms with E-state index in [1.165, 1.54) is 0 Å². The van der Waals surface area contributed by atoms with Gasteiger partial charge in [-0.3, -0.25) is 0 Å². The Labute approximate surface area is 159 Å². The van der Waals surface area contributed by atoms with Crippen LogP contribution < -0.4 is 15.2 Å². The summed E-state index contributed by atoms with van der Waals surface area (Å²) in [5.41, 5.74) is 7.20. The first-order chi connectivity index (χ1) is 12.6. The molecule has 0 aliphatic rings. The van der Waals surface area contributed by atoms with Crippen molar-refractivity contribution in [2.45, 2.75) is 6.61 Å². The lowest BCUT2D eigenvalue weighted by Gasteiger charge is -2.11. The smallest absolute Gasteiger partial charge is 0.263 e. The number of ether oxygens (including phenoxy) is 2. The molecular weight excluding hydrogens is 379 g/mol. The summed E-state index contributed by atoms with van der Waals surface area (Å²) in [4.78, 5) is 1.11. The number of tetrazole rings is 1. The lowest BCUT2D eigenvalue weighted by Crippen LogP contribution is -2.00. The Morgan fingerprint density at radius 1 is 1.15 bits per heavy atom. The first-order valence-electron chi connectivity index (χ1n) is 7.40. The second kappa shape index (κ2) is 8.03. The quantitative estimate of drug-likeness (QED) is 0.646. The van der Waals surface area contributed by atoms with E-state index in [9.17, 15) is 0 Å². The predicted octanol–water partition coefficient (Wildman–Crippen LogP) is 3.03. The molecule has 0 unspecified atom stereocenters. The van der Waals surface area contributed by atoms with Gasteiger partial charge in [0, 0.05) is 0 Å². The van der Waals surface area contributed by atoms with Gasteiger partial charge in [0.2, 0.25) is 0 Å². The molecular formula is C16H14Cl2N6O2. The number of nitrogen functional groups attached to an aromatic ring is 1. The van der Waals surface area contributed by atoms with Crippen LogP contribution in [-0.2, 0) is 6.61 Å². The summed E-state index contributed by atoms with van der Waals surface area (Å²) >= 11 is 11.9. The third-order valence-electron chi connectivity index (χ3n) is 3.36. The molecule has 0 spiro atoms. The first-order valence-corrected chi connectivity index (χ1v) is 8.15. The largest absolute Gasteiger partial charge is 0.493 e. The highest BCUT2D eigenvalue weighted by molar-refractivity contribution is 6.42. The Bertz CT molecular complexity index is 944. The average Bonchev–Trinajstić information content (AvgIpc) is 3.06. The third kappa shape index (κ3) is 4.22. The molecule has 1 aromatic heterocycles. The van der Waals surface area contributed by atoms with Crippen LogP contribution in [0.4, 0.5) is 5.95 Å². The number of rotatable bonds is 6. The number of nitrogens with two attached hydrogens (primary N) is 1. The molecule has 26 heavy (non-hydrogen) atoms. The van der Waals surface area contributed by atoms with Crippen molar-refractivity contribution in [1.82, 2.24) is 20.3 Å². The van der Waals surface area contributed by atoms with Crippen molar-refractivity contribution in [3.05, 3.63) is 57.6 Å². The van der Waals surface area contributed by atoms with Crippen LogP contribution in [0.25, 0.3) is 0 Å². The lowest BCUT2D eigenvalue weighted by molar-refractivity contribution is 0.284. The Kier molecular flexibility index (Phi) is 5.55. The molecule has 3 rings (SSSR count). The van der Waals surface area contributed by atoms with Gasteiger partial charge < -0.3 is 15.2 Å². The fourth-order valence-electron chi connectivity index (χ4n) is 2.07. The minimum Gasteiger partial charge on any atom is -0.493 e. The summed E-state index contributed by atoms with van der Waals surface area (Å²) in [5, 5.41) is 15.6. The predicted molar refractivity (Wildman–Crippen MR) is 99.0 cm³/mol. The van der Waals surface area contributed by atoms with Crippen LogP contribution in [0.5, 0.6) is 11.5 Å². The molecule has 0 aliphatic carbocycles. The van der Waals surface area contributed by atoms with Crippen molar-refractivity contribution in [3.63, 3.8) is 0 Å². The molecule has 0 aliphatic heterocycles. The van der Waals surface area contributed by atoms with Gasteiger partial charge >= 0.3 is 0 Å². The van der Waals surface area contributed by atoms with E-state index < -0.39 is 0 Å². The topological polar surface area (TPSA) is 100 Å². The molecule has 0 bridgehead atoms. The van der Waals surface area contributed by atoms with Crippen LogP contribution in [0.2, 0.25) is 10.0 Å². The van der Waals surface area contributed by atoms with E-state index >= 15 is 0 Å². The summed E-state index contributed by atoms with van der Waals surface area (Å²) in [6.45, 7) is 0.321. The van der Waals surface area contributed by atoms with Crippen LogP contribution in [0, 0.1) is 0 Å². The molecule has 1 heterocycles. The standard InChI is InChI=1S/C16H14Cl2N6O2/c1-25-15-7-10(8-20-24-16(19)21-22-23-24)3-5-14(15)26-9-11-2-4-12(17)13(18)6-11/h2-8H,9H2,1H3,(H2,19,21,23)/b20-8-. The minimum atomic E-state index is 0.0924. The molecule has 0 saturated carbocycles. The fraction of sp³-hybridized carbons (Fsp3) is 0.125. The second-order valence-electron chi connectivity index (χ2n) is 5.12. The average molecular weight is 393 g/mol. The second-order valence-corrected chi connectivity index (χ2v) is 5.93. The van der Waals surface area contributed by atoms with Gasteiger partial charge in [-0.05, 0) is 51.9 Å². The number of halogens is 2. The Morgan fingerprint density at radius 3 is 2.69 bits per heavy atom. The zero-order chi connectivity index (χ0) is 18.5. The van der Waals surface area contributed by atoms with Crippen molar-refractivity contribution in [3.8, 4) is 11.5 Å². The number of anilines is 1. The monoisotopic (exact) mass is 392 g/mol. The summed E-state index contributed by atoms with van der Waals surface area (Å²) < 4.78 is 11.2. The number of aromatic nitrogens is 4. The maximum Gasteiger partial charge on any atom is 0.263 e. The highest BCUT2D eigenvalue weighted by atomic mass is 35.5. The van der Waals surface area contributed by atoms with Crippen molar-refractivity contribution in [2.75, 3.05) is 12.8 Å². The summed E-state index contributed by atoms with van der Waals surface area (Å²) in [6.07, 6.45) is 1.55. The molecule has 134 valence electrons. The van der Waals surface area contributed by atoms with E-state index in [-0.39, 0.29) is 5.95 Å². The molecule has 0 radical (unpaired) electrons. The van der Waals surface area contributed by atoms with Gasteiger partial charge in [-0.1, -0.05) is 39.2 Å². The number of methoxy groups -OCH3 is 1. The summed E-state index contributed by atoms with van der Waals surface area (Å²) in [6, 6.07) is 10.7. The van der Waals surface area contributed by atoms with Gasteiger partial charge in [-0.15, -0.1) is 0 Å². The highest BCUT2D eigenvalue weighted by Gasteiger charge is 2.07. The van der Waals surface area contributed by atoms with Gasteiger partial charge in [0.1, 0.15) is 6.61 Å². The zero-order valence-corrected chi connectivity index (χ0v) is 15.1. The number of hydrogen-bond acceptors (Lipinski definition) is 7. The van der Waals surface area contributed by atoms with E-state index in [1.54, 1.807) is 37.6 Å². The Hall–Kier alpha value is -2.84. The Balaban J connectivity index is 1.73. The molecule has 0 atom stereocenters. The SMILES string of the molecule is COc1cc(/C=N\n2nnnc2N)ccc1OCc1ccc(Cl)c(Cl)c1. The van der Waals surface area contributed by atoms with Gasteiger partial charge in [-0.2, -0.15) is 5.10 Å². The highest BCUT2D eigenvalue weighted by Crippen LogP contribution is 2.29. The zero-order valence-electron chi connectivity index (χ0n) is 13.6. The maximum atomic E-state index is 6.01. The fourth-order valence-corrected chi connectivity index (χ4v) is 2.39. The molecule has 0 amide bonds. The van der Waals surface area contributed by atoms with E-state index in [2.05, 4.69) is 20.6 Å². The van der Waals surface area contributed by atoms with Crippen molar-refractivity contribution in [2.24, 2.45) is 5.10 Å². The number of nitrogens with zero attached hydrogens (tertiary/aromatic N) is 5. The van der Waals surface area contributed by atoms with Crippen LogP contribution in [0.3, 0.4) is 0 Å². The van der Waals surface area contributed by atoms with E-state index in [1.807, 2.05) is 12.1 Å². The lowest BCUT2D eigenvalue weighted by atomic mass is 10.2. The molecule has 0 fully saturated rings. The molecule has 10 heteroatoms.